The number of hydrogen-bond donors (Lipinski definition) is 4. The number of rotatable bonds is 5. The topological polar surface area (TPSA) is 80.9 Å². The van der Waals surface area contributed by atoms with Crippen molar-refractivity contribution in [1.29, 1.82) is 0 Å². The molecule has 0 radical (unpaired) electrons. The van der Waals surface area contributed by atoms with Crippen LogP contribution < -0.4 is 0 Å². The summed E-state index contributed by atoms with van der Waals surface area (Å²) in [6.45, 7) is 14.0. The van der Waals surface area contributed by atoms with Crippen LogP contribution >= 0.6 is 0 Å². The Kier molecular flexibility index (Phi) is 6.63. The Hall–Kier alpha value is -0.160. The monoisotopic (exact) mass is 450 g/mol. The van der Waals surface area contributed by atoms with Gasteiger partial charge < -0.3 is 20.4 Å². The third kappa shape index (κ3) is 3.62. The SMILES string of the molecule is CC(C)C(C)CCC(C)C1CCC2C3CC(O)C4(O)CC(O)CCC4(C)C3C(O)CC12C. The fourth-order valence-corrected chi connectivity index (χ4v) is 9.42. The lowest BCUT2D eigenvalue weighted by atomic mass is 9.41. The molecule has 4 heteroatoms. The predicted octanol–water partition coefficient (Wildman–Crippen LogP) is 4.77. The lowest BCUT2D eigenvalue weighted by Gasteiger charge is -2.66. The molecule has 0 saturated heterocycles. The molecule has 0 aromatic heterocycles. The van der Waals surface area contributed by atoms with Crippen molar-refractivity contribution in [3.8, 4) is 0 Å². The van der Waals surface area contributed by atoms with Gasteiger partial charge in [0.05, 0.1) is 23.9 Å². The molecule has 32 heavy (non-hydrogen) atoms. The average Bonchev–Trinajstić information content (AvgIpc) is 3.04. The highest BCUT2D eigenvalue weighted by molar-refractivity contribution is 5.19. The van der Waals surface area contributed by atoms with E-state index in [2.05, 4.69) is 41.5 Å². The van der Waals surface area contributed by atoms with Gasteiger partial charge in [-0.1, -0.05) is 54.4 Å². The zero-order chi connectivity index (χ0) is 23.6. The van der Waals surface area contributed by atoms with Crippen LogP contribution in [-0.4, -0.2) is 44.3 Å². The Morgan fingerprint density at radius 1 is 0.906 bits per heavy atom. The van der Waals surface area contributed by atoms with Gasteiger partial charge in [0, 0.05) is 11.8 Å². The van der Waals surface area contributed by atoms with Crippen molar-refractivity contribution in [3.05, 3.63) is 0 Å². The van der Waals surface area contributed by atoms with Crippen LogP contribution in [-0.2, 0) is 0 Å². The summed E-state index contributed by atoms with van der Waals surface area (Å²) in [7, 11) is 0. The zero-order valence-electron chi connectivity index (χ0n) is 21.4. The molecule has 0 heterocycles. The molecule has 4 fully saturated rings. The first-order chi connectivity index (χ1) is 14.8. The maximum atomic E-state index is 11.6. The molecule has 0 aliphatic heterocycles. The summed E-state index contributed by atoms with van der Waals surface area (Å²) in [6.07, 6.45) is 6.06. The van der Waals surface area contributed by atoms with E-state index in [0.29, 0.717) is 37.0 Å². The fraction of sp³-hybridized carbons (Fsp3) is 1.00. The van der Waals surface area contributed by atoms with Crippen LogP contribution in [0.2, 0.25) is 0 Å². The molecule has 4 N–H and O–H groups in total. The second kappa shape index (κ2) is 8.50. The fourth-order valence-electron chi connectivity index (χ4n) is 9.42. The molecule has 0 aromatic carbocycles. The molecule has 0 aromatic rings. The molecule has 12 atom stereocenters. The summed E-state index contributed by atoms with van der Waals surface area (Å²) in [5.41, 5.74) is -1.72. The minimum Gasteiger partial charge on any atom is -0.393 e. The Labute approximate surface area is 196 Å². The summed E-state index contributed by atoms with van der Waals surface area (Å²) in [5.74, 6) is 3.53. The highest BCUT2D eigenvalue weighted by Crippen LogP contribution is 2.69. The van der Waals surface area contributed by atoms with E-state index in [4.69, 9.17) is 0 Å². The van der Waals surface area contributed by atoms with E-state index in [0.717, 1.165) is 18.3 Å². The first kappa shape index (κ1) is 24.9. The van der Waals surface area contributed by atoms with E-state index in [9.17, 15) is 20.4 Å². The summed E-state index contributed by atoms with van der Waals surface area (Å²) < 4.78 is 0. The minimum absolute atomic E-state index is 0.0106. The predicted molar refractivity (Wildman–Crippen MR) is 128 cm³/mol. The zero-order valence-corrected chi connectivity index (χ0v) is 21.4. The second-order valence-electron chi connectivity index (χ2n) is 13.5. The molecule has 4 nitrogen and oxygen atoms in total. The van der Waals surface area contributed by atoms with Crippen molar-refractivity contribution in [2.24, 2.45) is 52.3 Å². The van der Waals surface area contributed by atoms with Gasteiger partial charge in [-0.05, 0) is 85.4 Å². The van der Waals surface area contributed by atoms with Crippen LogP contribution in [0.5, 0.6) is 0 Å². The smallest absolute Gasteiger partial charge is 0.0986 e. The van der Waals surface area contributed by atoms with Crippen LogP contribution in [0.15, 0.2) is 0 Å². The van der Waals surface area contributed by atoms with Crippen LogP contribution in [0.4, 0.5) is 0 Å². The largest absolute Gasteiger partial charge is 0.393 e. The molecule has 12 unspecified atom stereocenters. The molecular formula is C28H50O4. The van der Waals surface area contributed by atoms with Gasteiger partial charge in [0.1, 0.15) is 0 Å². The summed E-state index contributed by atoms with van der Waals surface area (Å²) in [5, 5.41) is 44.7. The van der Waals surface area contributed by atoms with Crippen molar-refractivity contribution in [1.82, 2.24) is 0 Å². The number of aliphatic hydroxyl groups excluding tert-OH is 3. The van der Waals surface area contributed by atoms with E-state index in [1.165, 1.54) is 25.7 Å². The van der Waals surface area contributed by atoms with E-state index < -0.39 is 29.3 Å². The molecule has 0 amide bonds. The summed E-state index contributed by atoms with van der Waals surface area (Å²) in [6, 6.07) is 0. The van der Waals surface area contributed by atoms with Crippen LogP contribution in [0.3, 0.4) is 0 Å². The van der Waals surface area contributed by atoms with Gasteiger partial charge in [0.25, 0.3) is 0 Å². The molecule has 186 valence electrons. The Morgan fingerprint density at radius 3 is 2.25 bits per heavy atom. The van der Waals surface area contributed by atoms with Gasteiger partial charge in [-0.25, -0.2) is 0 Å². The van der Waals surface area contributed by atoms with E-state index in [1.54, 1.807) is 0 Å². The maximum Gasteiger partial charge on any atom is 0.0986 e. The molecule has 4 aliphatic carbocycles. The quantitative estimate of drug-likeness (QED) is 0.486. The van der Waals surface area contributed by atoms with Gasteiger partial charge >= 0.3 is 0 Å². The Morgan fingerprint density at radius 2 is 1.59 bits per heavy atom. The molecule has 0 bridgehead atoms. The molecule has 4 saturated carbocycles. The van der Waals surface area contributed by atoms with E-state index in [1.807, 2.05) is 0 Å². The van der Waals surface area contributed by atoms with E-state index in [-0.39, 0.29) is 23.7 Å². The number of fused-ring (bicyclic) bond motifs is 5. The van der Waals surface area contributed by atoms with Crippen molar-refractivity contribution in [2.75, 3.05) is 0 Å². The van der Waals surface area contributed by atoms with Crippen molar-refractivity contribution in [2.45, 2.75) is 123 Å². The highest BCUT2D eigenvalue weighted by atomic mass is 16.3. The van der Waals surface area contributed by atoms with Gasteiger partial charge in [0.15, 0.2) is 0 Å². The first-order valence-electron chi connectivity index (χ1n) is 13.6. The Balaban J connectivity index is 1.57. The van der Waals surface area contributed by atoms with Gasteiger partial charge in [-0.3, -0.25) is 0 Å². The maximum absolute atomic E-state index is 11.6. The average molecular weight is 451 g/mol. The molecule has 4 rings (SSSR count). The normalized spacial score (nSPS) is 52.8. The first-order valence-corrected chi connectivity index (χ1v) is 13.6. The summed E-state index contributed by atoms with van der Waals surface area (Å²) >= 11 is 0. The van der Waals surface area contributed by atoms with Gasteiger partial charge in [-0.15, -0.1) is 0 Å². The number of hydrogen-bond acceptors (Lipinski definition) is 4. The van der Waals surface area contributed by atoms with E-state index >= 15 is 0 Å². The highest BCUT2D eigenvalue weighted by Gasteiger charge is 2.69. The molecule has 0 spiro atoms. The van der Waals surface area contributed by atoms with Crippen molar-refractivity contribution >= 4 is 0 Å². The standard InChI is InChI=1S/C28H50O4/c1-16(2)17(3)7-8-18(4)21-9-10-22-20-13-24(31)28(32)14-19(29)11-12-27(28,6)25(20)23(30)15-26(21,22)5/h16-25,29-32H,7-15H2,1-6H3. The minimum atomic E-state index is -1.29. The van der Waals surface area contributed by atoms with Crippen molar-refractivity contribution in [3.63, 3.8) is 0 Å². The van der Waals surface area contributed by atoms with Crippen molar-refractivity contribution < 1.29 is 20.4 Å². The lowest BCUT2D eigenvalue weighted by molar-refractivity contribution is -0.282. The Bertz CT molecular complexity index is 680. The third-order valence-electron chi connectivity index (χ3n) is 11.7. The number of aliphatic hydroxyl groups is 4. The van der Waals surface area contributed by atoms with Gasteiger partial charge in [-0.2, -0.15) is 0 Å². The summed E-state index contributed by atoms with van der Waals surface area (Å²) in [4.78, 5) is 0. The molecular weight excluding hydrogens is 400 g/mol. The lowest BCUT2D eigenvalue weighted by Crippen LogP contribution is -2.71. The van der Waals surface area contributed by atoms with Gasteiger partial charge in [0.2, 0.25) is 0 Å². The van der Waals surface area contributed by atoms with Crippen LogP contribution in [0, 0.1) is 52.3 Å². The van der Waals surface area contributed by atoms with Crippen LogP contribution in [0.1, 0.15) is 99.3 Å². The second-order valence-corrected chi connectivity index (χ2v) is 13.5. The van der Waals surface area contributed by atoms with Crippen LogP contribution in [0.25, 0.3) is 0 Å². The molecule has 4 aliphatic rings. The third-order valence-corrected chi connectivity index (χ3v) is 11.7.